The molecule has 0 saturated carbocycles. The molecule has 0 fully saturated rings. The molecule has 0 atom stereocenters. The van der Waals surface area contributed by atoms with Crippen LogP contribution >= 0.6 is 15.9 Å². The summed E-state index contributed by atoms with van der Waals surface area (Å²) in [4.78, 5) is 0. The summed E-state index contributed by atoms with van der Waals surface area (Å²) in [5.74, 6) is 0.143. The molecule has 0 amide bonds. The molecule has 1 N–H and O–H groups in total. The van der Waals surface area contributed by atoms with Crippen LogP contribution in [-0.4, -0.2) is 10.2 Å². The SMILES string of the molecule is Cc1ccc(-c2n[nH]c(C(C)C)c2Br)cc1F. The van der Waals surface area contributed by atoms with Crippen molar-refractivity contribution in [2.75, 3.05) is 0 Å². The Labute approximate surface area is 108 Å². The van der Waals surface area contributed by atoms with Crippen LogP contribution in [-0.2, 0) is 0 Å². The number of benzene rings is 1. The quantitative estimate of drug-likeness (QED) is 0.874. The number of hydrogen-bond acceptors (Lipinski definition) is 1. The molecule has 0 spiro atoms. The number of aromatic nitrogens is 2. The summed E-state index contributed by atoms with van der Waals surface area (Å²) in [7, 11) is 0. The molecular weight excluding hydrogens is 283 g/mol. The maximum Gasteiger partial charge on any atom is 0.126 e. The molecular formula is C13H14BrFN2. The van der Waals surface area contributed by atoms with Gasteiger partial charge in [-0.25, -0.2) is 4.39 Å². The van der Waals surface area contributed by atoms with E-state index in [4.69, 9.17) is 0 Å². The highest BCUT2D eigenvalue weighted by Gasteiger charge is 2.15. The highest BCUT2D eigenvalue weighted by Crippen LogP contribution is 2.32. The van der Waals surface area contributed by atoms with Crippen LogP contribution in [0.25, 0.3) is 11.3 Å². The molecule has 0 bridgehead atoms. The Kier molecular flexibility index (Phi) is 3.33. The summed E-state index contributed by atoms with van der Waals surface area (Å²) >= 11 is 3.52. The first kappa shape index (κ1) is 12.3. The van der Waals surface area contributed by atoms with Crippen molar-refractivity contribution in [2.45, 2.75) is 26.7 Å². The minimum Gasteiger partial charge on any atom is -0.281 e. The second-order valence-corrected chi connectivity index (χ2v) is 5.21. The van der Waals surface area contributed by atoms with Gasteiger partial charge in [-0.1, -0.05) is 26.0 Å². The van der Waals surface area contributed by atoms with Crippen molar-refractivity contribution >= 4 is 15.9 Å². The first-order valence-electron chi connectivity index (χ1n) is 5.51. The maximum absolute atomic E-state index is 13.5. The predicted molar refractivity (Wildman–Crippen MR) is 70.5 cm³/mol. The van der Waals surface area contributed by atoms with Crippen LogP contribution in [0, 0.1) is 12.7 Å². The van der Waals surface area contributed by atoms with Gasteiger partial charge in [0.15, 0.2) is 0 Å². The normalized spacial score (nSPS) is 11.2. The number of aryl methyl sites for hydroxylation is 1. The Balaban J connectivity index is 2.50. The minimum absolute atomic E-state index is 0.205. The Bertz CT molecular complexity index is 546. The lowest BCUT2D eigenvalue weighted by atomic mass is 10.1. The van der Waals surface area contributed by atoms with Crippen LogP contribution < -0.4 is 0 Å². The summed E-state index contributed by atoms with van der Waals surface area (Å²) < 4.78 is 14.4. The van der Waals surface area contributed by atoms with Crippen LogP contribution in [0.4, 0.5) is 4.39 Å². The van der Waals surface area contributed by atoms with Crippen LogP contribution in [0.5, 0.6) is 0 Å². The zero-order chi connectivity index (χ0) is 12.6. The van der Waals surface area contributed by atoms with E-state index in [1.165, 1.54) is 6.07 Å². The summed E-state index contributed by atoms with van der Waals surface area (Å²) in [5, 5.41) is 7.23. The molecule has 0 aliphatic rings. The molecule has 0 aliphatic heterocycles. The van der Waals surface area contributed by atoms with Crippen molar-refractivity contribution in [3.63, 3.8) is 0 Å². The van der Waals surface area contributed by atoms with E-state index < -0.39 is 0 Å². The molecule has 0 aliphatic carbocycles. The molecule has 17 heavy (non-hydrogen) atoms. The lowest BCUT2D eigenvalue weighted by molar-refractivity contribution is 0.619. The van der Waals surface area contributed by atoms with Crippen LogP contribution in [0.1, 0.15) is 31.0 Å². The van der Waals surface area contributed by atoms with Gasteiger partial charge in [0.1, 0.15) is 11.5 Å². The number of nitrogens with one attached hydrogen (secondary N) is 1. The van der Waals surface area contributed by atoms with Gasteiger partial charge in [-0.15, -0.1) is 0 Å². The van der Waals surface area contributed by atoms with Crippen molar-refractivity contribution < 1.29 is 4.39 Å². The highest BCUT2D eigenvalue weighted by molar-refractivity contribution is 9.10. The fourth-order valence-corrected chi connectivity index (χ4v) is 2.52. The second-order valence-electron chi connectivity index (χ2n) is 4.42. The van der Waals surface area contributed by atoms with Crippen molar-refractivity contribution in [3.8, 4) is 11.3 Å². The minimum atomic E-state index is -0.205. The van der Waals surface area contributed by atoms with Gasteiger partial charge in [-0.2, -0.15) is 5.10 Å². The van der Waals surface area contributed by atoms with E-state index in [0.29, 0.717) is 11.5 Å². The molecule has 2 nitrogen and oxygen atoms in total. The molecule has 4 heteroatoms. The molecule has 0 saturated heterocycles. The molecule has 2 rings (SSSR count). The van der Waals surface area contributed by atoms with Crippen LogP contribution in [0.3, 0.4) is 0 Å². The average Bonchev–Trinajstić information content (AvgIpc) is 2.64. The van der Waals surface area contributed by atoms with E-state index in [2.05, 4.69) is 40.0 Å². The van der Waals surface area contributed by atoms with Crippen LogP contribution in [0.2, 0.25) is 0 Å². The number of aromatic amines is 1. The third-order valence-corrected chi connectivity index (χ3v) is 3.56. The molecule has 90 valence electrons. The van der Waals surface area contributed by atoms with E-state index in [1.54, 1.807) is 13.0 Å². The number of nitrogens with zero attached hydrogens (tertiary/aromatic N) is 1. The van der Waals surface area contributed by atoms with Gasteiger partial charge in [-0.05, 0) is 40.4 Å². The van der Waals surface area contributed by atoms with E-state index in [0.717, 1.165) is 21.4 Å². The number of H-pyrrole nitrogens is 1. The first-order chi connectivity index (χ1) is 8.00. The number of rotatable bonds is 2. The summed E-state index contributed by atoms with van der Waals surface area (Å²) in [6.07, 6.45) is 0. The lowest BCUT2D eigenvalue weighted by Crippen LogP contribution is -1.87. The van der Waals surface area contributed by atoms with Gasteiger partial charge in [0.05, 0.1) is 10.2 Å². The maximum atomic E-state index is 13.5. The smallest absolute Gasteiger partial charge is 0.126 e. The summed E-state index contributed by atoms with van der Waals surface area (Å²) in [6, 6.07) is 5.16. The Morgan fingerprint density at radius 3 is 2.59 bits per heavy atom. The van der Waals surface area contributed by atoms with Crippen molar-refractivity contribution in [1.29, 1.82) is 0 Å². The summed E-state index contributed by atoms with van der Waals surface area (Å²) in [6.45, 7) is 5.91. The van der Waals surface area contributed by atoms with Gasteiger partial charge in [0, 0.05) is 5.56 Å². The Hall–Kier alpha value is -1.16. The van der Waals surface area contributed by atoms with Gasteiger partial charge in [-0.3, -0.25) is 5.10 Å². The van der Waals surface area contributed by atoms with Crippen LogP contribution in [0.15, 0.2) is 22.7 Å². The van der Waals surface area contributed by atoms with Gasteiger partial charge in [0.2, 0.25) is 0 Å². The second kappa shape index (κ2) is 4.61. The molecule has 1 heterocycles. The zero-order valence-corrected chi connectivity index (χ0v) is 11.6. The first-order valence-corrected chi connectivity index (χ1v) is 6.30. The molecule has 1 aromatic heterocycles. The average molecular weight is 297 g/mol. The summed E-state index contributed by atoms with van der Waals surface area (Å²) in [5.41, 5.74) is 3.21. The standard InChI is InChI=1S/C13H14BrFN2/c1-7(2)12-11(14)13(17-16-12)9-5-4-8(3)10(15)6-9/h4-7H,1-3H3,(H,16,17). The fraction of sp³-hybridized carbons (Fsp3) is 0.308. The lowest BCUT2D eigenvalue weighted by Gasteiger charge is -2.03. The molecule has 0 unspecified atom stereocenters. The third-order valence-electron chi connectivity index (χ3n) is 2.76. The van der Waals surface area contributed by atoms with Crippen molar-refractivity contribution in [1.82, 2.24) is 10.2 Å². The van der Waals surface area contributed by atoms with Crippen molar-refractivity contribution in [3.05, 3.63) is 39.7 Å². The molecule has 2 aromatic rings. The third kappa shape index (κ3) is 2.27. The van der Waals surface area contributed by atoms with Gasteiger partial charge in [0.25, 0.3) is 0 Å². The van der Waals surface area contributed by atoms with E-state index in [1.807, 2.05) is 6.07 Å². The topological polar surface area (TPSA) is 28.7 Å². The Morgan fingerprint density at radius 1 is 1.35 bits per heavy atom. The van der Waals surface area contributed by atoms with E-state index in [-0.39, 0.29) is 5.82 Å². The predicted octanol–water partition coefficient (Wildman–Crippen LogP) is 4.41. The Morgan fingerprint density at radius 2 is 2.06 bits per heavy atom. The van der Waals surface area contributed by atoms with Gasteiger partial charge < -0.3 is 0 Å². The zero-order valence-electron chi connectivity index (χ0n) is 10.0. The van der Waals surface area contributed by atoms with E-state index >= 15 is 0 Å². The number of hydrogen-bond donors (Lipinski definition) is 1. The molecule has 1 aromatic carbocycles. The van der Waals surface area contributed by atoms with Gasteiger partial charge >= 0.3 is 0 Å². The van der Waals surface area contributed by atoms with E-state index in [9.17, 15) is 4.39 Å². The largest absolute Gasteiger partial charge is 0.281 e. The molecule has 0 radical (unpaired) electrons. The highest BCUT2D eigenvalue weighted by atomic mass is 79.9. The fourth-order valence-electron chi connectivity index (χ4n) is 1.66. The van der Waals surface area contributed by atoms with Crippen molar-refractivity contribution in [2.24, 2.45) is 0 Å². The number of halogens is 2. The monoisotopic (exact) mass is 296 g/mol.